The van der Waals surface area contributed by atoms with Gasteiger partial charge in [0.15, 0.2) is 0 Å². The molecule has 2 aliphatic rings. The molecule has 0 radical (unpaired) electrons. The van der Waals surface area contributed by atoms with Gasteiger partial charge in [0.05, 0.1) is 25.0 Å². The van der Waals surface area contributed by atoms with Crippen LogP contribution in [0.3, 0.4) is 0 Å². The number of piperidine rings is 1. The van der Waals surface area contributed by atoms with Crippen molar-refractivity contribution < 1.29 is 19.4 Å². The second kappa shape index (κ2) is 9.97. The fourth-order valence-corrected chi connectivity index (χ4v) is 4.52. The molecule has 1 atom stereocenters. The van der Waals surface area contributed by atoms with E-state index in [1.54, 1.807) is 17.0 Å². The number of aliphatic imine (C=N–C) groups is 1. The molecule has 33 heavy (non-hydrogen) atoms. The van der Waals surface area contributed by atoms with E-state index < -0.39 is 11.9 Å². The number of amidine groups is 1. The average molecular weight is 449 g/mol. The topological polar surface area (TPSA) is 117 Å². The van der Waals surface area contributed by atoms with Crippen molar-refractivity contribution in [2.45, 2.75) is 31.1 Å². The third-order valence-electron chi connectivity index (χ3n) is 6.26. The molecular formula is C25H28N4O4. The molecule has 1 fully saturated rings. The average Bonchev–Trinajstić information content (AvgIpc) is 3.18. The SMILES string of the molecule is NC(/C=C\O)=NC(=O)[C@H](NCC(=O)N1CCC2(CC1)OCc1ccccc12)c1ccccc1. The monoisotopic (exact) mass is 448 g/mol. The van der Waals surface area contributed by atoms with Gasteiger partial charge >= 0.3 is 0 Å². The zero-order valence-corrected chi connectivity index (χ0v) is 18.3. The van der Waals surface area contributed by atoms with Gasteiger partial charge in [-0.15, -0.1) is 0 Å². The lowest BCUT2D eigenvalue weighted by molar-refractivity contribution is -0.137. The molecule has 2 heterocycles. The van der Waals surface area contributed by atoms with Crippen molar-refractivity contribution in [3.05, 3.63) is 83.6 Å². The van der Waals surface area contributed by atoms with Gasteiger partial charge in [0.1, 0.15) is 11.9 Å². The zero-order valence-electron chi connectivity index (χ0n) is 18.3. The second-order valence-corrected chi connectivity index (χ2v) is 8.24. The molecule has 2 aliphatic heterocycles. The van der Waals surface area contributed by atoms with Gasteiger partial charge in [0.2, 0.25) is 5.91 Å². The maximum Gasteiger partial charge on any atom is 0.269 e. The van der Waals surface area contributed by atoms with E-state index in [0.29, 0.717) is 25.3 Å². The number of hydrogen-bond donors (Lipinski definition) is 3. The molecule has 8 heteroatoms. The first-order chi connectivity index (χ1) is 16.0. The maximum absolute atomic E-state index is 12.9. The number of ether oxygens (including phenoxy) is 1. The number of rotatable bonds is 6. The fraction of sp³-hybridized carbons (Fsp3) is 0.320. The normalized spacial score (nSPS) is 18.4. The Bertz CT molecular complexity index is 1060. The van der Waals surface area contributed by atoms with Gasteiger partial charge in [-0.05, 0) is 29.5 Å². The van der Waals surface area contributed by atoms with E-state index >= 15 is 0 Å². The first-order valence-electron chi connectivity index (χ1n) is 11.0. The number of carbonyl (C=O) groups excluding carboxylic acids is 2. The van der Waals surface area contributed by atoms with Crippen LogP contribution in [-0.2, 0) is 26.5 Å². The molecule has 0 saturated carbocycles. The van der Waals surface area contributed by atoms with Gasteiger partial charge in [-0.1, -0.05) is 54.6 Å². The number of aliphatic hydroxyl groups is 1. The molecule has 2 amide bonds. The first-order valence-corrected chi connectivity index (χ1v) is 11.0. The van der Waals surface area contributed by atoms with E-state index in [1.807, 2.05) is 30.3 Å². The van der Waals surface area contributed by atoms with Crippen LogP contribution in [-0.4, -0.2) is 47.3 Å². The van der Waals surface area contributed by atoms with Crippen LogP contribution >= 0.6 is 0 Å². The molecule has 8 nitrogen and oxygen atoms in total. The molecule has 4 rings (SSSR count). The third kappa shape index (κ3) is 4.97. The summed E-state index contributed by atoms with van der Waals surface area (Å²) >= 11 is 0. The third-order valence-corrected chi connectivity index (χ3v) is 6.26. The Labute approximate surface area is 192 Å². The lowest BCUT2D eigenvalue weighted by Crippen LogP contribution is -2.48. The van der Waals surface area contributed by atoms with Crippen LogP contribution in [0.2, 0.25) is 0 Å². The molecule has 0 aromatic heterocycles. The number of nitrogens with one attached hydrogen (secondary N) is 1. The van der Waals surface area contributed by atoms with Crippen molar-refractivity contribution in [2.75, 3.05) is 19.6 Å². The van der Waals surface area contributed by atoms with Gasteiger partial charge in [-0.25, -0.2) is 0 Å². The number of fused-ring (bicyclic) bond motifs is 2. The number of benzene rings is 2. The standard InChI is InChI=1S/C25H28N4O4/c26-21(10-15-30)28-24(32)23(18-6-2-1-3-7-18)27-16-22(31)29-13-11-25(12-14-29)20-9-5-4-8-19(20)17-33-25/h1-10,15,23,27,30H,11-14,16-17H2,(H2,26,28,32)/b15-10-/t23-/m1/s1. The summed E-state index contributed by atoms with van der Waals surface area (Å²) in [4.78, 5) is 31.3. The summed E-state index contributed by atoms with van der Waals surface area (Å²) in [7, 11) is 0. The van der Waals surface area contributed by atoms with E-state index in [9.17, 15) is 9.59 Å². The van der Waals surface area contributed by atoms with Crippen molar-refractivity contribution in [3.8, 4) is 0 Å². The van der Waals surface area contributed by atoms with Crippen molar-refractivity contribution in [3.63, 3.8) is 0 Å². The minimum Gasteiger partial charge on any atom is -0.515 e. The summed E-state index contributed by atoms with van der Waals surface area (Å²) in [6.07, 6.45) is 3.32. The van der Waals surface area contributed by atoms with Gasteiger partial charge in [-0.3, -0.25) is 14.9 Å². The van der Waals surface area contributed by atoms with Gasteiger partial charge in [0, 0.05) is 19.2 Å². The van der Waals surface area contributed by atoms with Gasteiger partial charge in [0.25, 0.3) is 5.91 Å². The van der Waals surface area contributed by atoms with Crippen LogP contribution in [0.25, 0.3) is 0 Å². The Morgan fingerprint density at radius 3 is 2.58 bits per heavy atom. The molecule has 172 valence electrons. The second-order valence-electron chi connectivity index (χ2n) is 8.24. The maximum atomic E-state index is 12.9. The highest BCUT2D eigenvalue weighted by molar-refractivity contribution is 6.01. The molecule has 0 unspecified atom stereocenters. The minimum absolute atomic E-state index is 0.0129. The summed E-state index contributed by atoms with van der Waals surface area (Å²) in [5.41, 5.74) is 8.45. The van der Waals surface area contributed by atoms with E-state index in [4.69, 9.17) is 15.6 Å². The Kier molecular flexibility index (Phi) is 6.86. The predicted molar refractivity (Wildman–Crippen MR) is 124 cm³/mol. The van der Waals surface area contributed by atoms with Crippen molar-refractivity contribution in [1.82, 2.24) is 10.2 Å². The van der Waals surface area contributed by atoms with E-state index in [0.717, 1.165) is 25.2 Å². The smallest absolute Gasteiger partial charge is 0.269 e. The van der Waals surface area contributed by atoms with Crippen LogP contribution in [0.15, 0.2) is 71.9 Å². The highest BCUT2D eigenvalue weighted by Crippen LogP contribution is 2.43. The number of nitrogens with zero attached hydrogens (tertiary/aromatic N) is 2. The van der Waals surface area contributed by atoms with E-state index in [2.05, 4.69) is 22.4 Å². The highest BCUT2D eigenvalue weighted by Gasteiger charge is 2.43. The van der Waals surface area contributed by atoms with Crippen LogP contribution in [0.4, 0.5) is 0 Å². The predicted octanol–water partition coefficient (Wildman–Crippen LogP) is 2.32. The van der Waals surface area contributed by atoms with Crippen molar-refractivity contribution >= 4 is 17.6 Å². The molecule has 4 N–H and O–H groups in total. The Balaban J connectivity index is 1.39. The van der Waals surface area contributed by atoms with Crippen LogP contribution < -0.4 is 11.1 Å². The minimum atomic E-state index is -0.832. The number of hydrogen-bond acceptors (Lipinski definition) is 5. The summed E-state index contributed by atoms with van der Waals surface area (Å²) < 4.78 is 6.18. The summed E-state index contributed by atoms with van der Waals surface area (Å²) in [5, 5.41) is 11.9. The Hall–Kier alpha value is -3.49. The van der Waals surface area contributed by atoms with Crippen molar-refractivity contribution in [1.29, 1.82) is 0 Å². The number of carbonyl (C=O) groups is 2. The molecule has 1 spiro atoms. The molecular weight excluding hydrogens is 420 g/mol. The lowest BCUT2D eigenvalue weighted by atomic mass is 9.84. The highest BCUT2D eigenvalue weighted by atomic mass is 16.5. The Morgan fingerprint density at radius 2 is 1.85 bits per heavy atom. The fourth-order valence-electron chi connectivity index (χ4n) is 4.52. The molecule has 0 bridgehead atoms. The summed E-state index contributed by atoms with van der Waals surface area (Å²) in [6, 6.07) is 16.5. The van der Waals surface area contributed by atoms with Crippen LogP contribution in [0.1, 0.15) is 35.6 Å². The summed E-state index contributed by atoms with van der Waals surface area (Å²) in [6.45, 7) is 1.78. The van der Waals surface area contributed by atoms with E-state index in [-0.39, 0.29) is 23.9 Å². The number of nitrogens with two attached hydrogens (primary N) is 1. The number of amides is 2. The largest absolute Gasteiger partial charge is 0.515 e. The van der Waals surface area contributed by atoms with Gasteiger partial charge in [-0.2, -0.15) is 4.99 Å². The lowest BCUT2D eigenvalue weighted by Gasteiger charge is -2.39. The number of aliphatic hydroxyl groups excluding tert-OH is 1. The first kappa shape index (κ1) is 22.7. The Morgan fingerprint density at radius 1 is 1.15 bits per heavy atom. The van der Waals surface area contributed by atoms with Gasteiger partial charge < -0.3 is 20.5 Å². The van der Waals surface area contributed by atoms with Crippen LogP contribution in [0.5, 0.6) is 0 Å². The molecule has 0 aliphatic carbocycles. The molecule has 1 saturated heterocycles. The van der Waals surface area contributed by atoms with Crippen LogP contribution in [0, 0.1) is 0 Å². The zero-order chi connectivity index (χ0) is 23.3. The quantitative estimate of drug-likeness (QED) is 0.355. The molecule has 2 aromatic carbocycles. The van der Waals surface area contributed by atoms with E-state index in [1.165, 1.54) is 11.1 Å². The number of likely N-dealkylation sites (tertiary alicyclic amines) is 1. The molecule has 2 aromatic rings. The summed E-state index contributed by atoms with van der Waals surface area (Å²) in [5.74, 6) is -0.745. The van der Waals surface area contributed by atoms with Crippen molar-refractivity contribution in [2.24, 2.45) is 10.7 Å².